The number of ether oxygens (including phenoxy) is 2. The Morgan fingerprint density at radius 1 is 0.812 bits per heavy atom. The molecular formula is C53H62F10N10O7. The number of fused-ring (bicyclic) bond motifs is 2. The fourth-order valence-electron chi connectivity index (χ4n) is 9.46. The van der Waals surface area contributed by atoms with Crippen LogP contribution in [-0.2, 0) is 32.0 Å². The van der Waals surface area contributed by atoms with Crippen LogP contribution in [0.3, 0.4) is 0 Å². The first kappa shape index (κ1) is 62.0. The van der Waals surface area contributed by atoms with Gasteiger partial charge in [-0.2, -0.15) is 40.2 Å². The Kier molecular flexibility index (Phi) is 19.5. The Bertz CT molecular complexity index is 2850. The molecule has 2 saturated heterocycles. The highest BCUT2D eigenvalue weighted by atomic mass is 19.4. The second kappa shape index (κ2) is 25.1. The number of nitrogens with zero attached hydrogens (tertiary/aromatic N) is 6. The van der Waals surface area contributed by atoms with Gasteiger partial charge in [0.1, 0.15) is 28.9 Å². The number of aromatic nitrogens is 3. The summed E-state index contributed by atoms with van der Waals surface area (Å²) >= 11 is 0. The number of aliphatic hydroxyl groups is 1. The average Bonchev–Trinajstić information content (AvgIpc) is 3.99. The molecule has 4 aromatic rings. The van der Waals surface area contributed by atoms with Crippen LogP contribution in [-0.4, -0.2) is 142 Å². The van der Waals surface area contributed by atoms with Gasteiger partial charge in [0, 0.05) is 86.0 Å². The van der Waals surface area contributed by atoms with Crippen LogP contribution in [0.4, 0.5) is 59.3 Å². The molecule has 4 heterocycles. The van der Waals surface area contributed by atoms with Gasteiger partial charge in [-0.3, -0.25) is 19.9 Å². The van der Waals surface area contributed by atoms with Gasteiger partial charge in [0.2, 0.25) is 5.91 Å². The lowest BCUT2D eigenvalue weighted by molar-refractivity contribution is -0.239. The van der Waals surface area contributed by atoms with E-state index in [0.29, 0.717) is 74.1 Å². The van der Waals surface area contributed by atoms with E-state index in [2.05, 4.69) is 55.6 Å². The second-order valence-corrected chi connectivity index (χ2v) is 20.9. The molecule has 2 aromatic heterocycles. The molecule has 5 N–H and O–H groups in total. The van der Waals surface area contributed by atoms with Crippen molar-refractivity contribution in [2.75, 3.05) is 38.7 Å². The number of hydrogen-bond donors (Lipinski definition) is 5. The van der Waals surface area contributed by atoms with E-state index in [1.807, 2.05) is 28.2 Å². The molecule has 0 radical (unpaired) electrons. The van der Waals surface area contributed by atoms with Crippen molar-refractivity contribution in [1.29, 1.82) is 0 Å². The first-order valence-electron chi connectivity index (χ1n) is 25.1. The van der Waals surface area contributed by atoms with Gasteiger partial charge in [-0.25, -0.2) is 33.0 Å². The molecule has 0 spiro atoms. The molecule has 2 aliphatic rings. The molecule has 6 rings (SSSR count). The van der Waals surface area contributed by atoms with Crippen molar-refractivity contribution in [1.82, 2.24) is 46.0 Å². The summed E-state index contributed by atoms with van der Waals surface area (Å²) in [6, 6.07) is 8.25. The first-order chi connectivity index (χ1) is 37.3. The average molecular weight is 1140 g/mol. The summed E-state index contributed by atoms with van der Waals surface area (Å²) in [7, 11) is 1.79. The third-order valence-corrected chi connectivity index (χ3v) is 14.3. The highest BCUT2D eigenvalue weighted by molar-refractivity contribution is 5.87. The van der Waals surface area contributed by atoms with Gasteiger partial charge in [-0.1, -0.05) is 24.0 Å². The number of carbonyl (C=O) groups excluding carboxylic acids is 4. The minimum atomic E-state index is -5.26. The van der Waals surface area contributed by atoms with Crippen LogP contribution in [0.1, 0.15) is 83.2 Å². The monoisotopic (exact) mass is 1140 g/mol. The normalized spacial score (nSPS) is 17.6. The number of benzene rings is 2. The van der Waals surface area contributed by atoms with Crippen LogP contribution in [0.5, 0.6) is 0 Å². The maximum absolute atomic E-state index is 16.0. The number of carbonyl (C=O) groups is 4. The molecule has 2 fully saturated rings. The van der Waals surface area contributed by atoms with Crippen molar-refractivity contribution in [2.24, 2.45) is 10.8 Å². The van der Waals surface area contributed by atoms with E-state index in [0.717, 1.165) is 58.3 Å². The fourth-order valence-corrected chi connectivity index (χ4v) is 9.46. The number of rotatable bonds is 19. The van der Waals surface area contributed by atoms with E-state index < -0.39 is 115 Å². The largest absolute Gasteiger partial charge is 0.453 e. The maximum atomic E-state index is 16.0. The fraction of sp³-hybridized carbons (Fsp3) is 0.509. The molecule has 6 atom stereocenters. The highest BCUT2D eigenvalue weighted by Gasteiger charge is 2.58. The van der Waals surface area contributed by atoms with Crippen LogP contribution >= 0.6 is 0 Å². The Labute approximate surface area is 454 Å². The number of pyridine rings is 1. The third kappa shape index (κ3) is 14.6. The van der Waals surface area contributed by atoms with E-state index in [-0.39, 0.29) is 21.4 Å². The number of hydrazine groups is 1. The van der Waals surface area contributed by atoms with Crippen LogP contribution in [0.15, 0.2) is 67.1 Å². The number of nitrogens with one attached hydrogen (secondary N) is 4. The number of alkyl halides is 8. The van der Waals surface area contributed by atoms with E-state index in [1.165, 1.54) is 12.1 Å². The number of methoxy groups -OCH3 is 1. The number of amides is 4. The zero-order valence-corrected chi connectivity index (χ0v) is 44.8. The summed E-state index contributed by atoms with van der Waals surface area (Å²) < 4.78 is 155. The predicted octanol–water partition coefficient (Wildman–Crippen LogP) is 7.63. The van der Waals surface area contributed by atoms with E-state index in [9.17, 15) is 59.4 Å². The number of hydrogen-bond acceptors (Lipinski definition) is 12. The van der Waals surface area contributed by atoms with Crippen molar-refractivity contribution in [3.63, 3.8) is 0 Å². The van der Waals surface area contributed by atoms with Gasteiger partial charge in [0.05, 0.1) is 30.9 Å². The second-order valence-electron chi connectivity index (χ2n) is 20.9. The summed E-state index contributed by atoms with van der Waals surface area (Å²) in [5.41, 5.74) is -4.32. The number of alkyl carbamates (subject to hydrolysis) is 2. The molecule has 2 aromatic carbocycles. The smallest absolute Gasteiger partial charge is 0.407 e. The standard InChI is InChI=1S/C53H62F10N10O7/c1-29(2)73-35-16-17-36(73)26-70(25-35)42-18-15-32(22-65-42)14-11-30-9-12-31(13-10-30)19-40(67-45(75)43(68-49(78)79-8)50(3,4)52(58,59)60)41(74)28-71(69-46(76)44(80-48(77)64-7)51(5,6)53(61,62)63)27-37-38(54)20-33(21-39(37)55)34-23-66-72(24-34)47(56)57/h9-10,12-13,15,18,20-24,29,35-36,40-41,43-44,47,74H,16-17,19,25-28H2,1-8H3,(H,64,77)(H,67,75)(H,68,78)(H,69,76)/t35-,36-,40-,41-,43+,44+/m0/s1. The molecule has 436 valence electrons. The molecule has 2 bridgehead atoms. The predicted molar refractivity (Wildman–Crippen MR) is 270 cm³/mol. The van der Waals surface area contributed by atoms with Crippen LogP contribution in [0, 0.1) is 34.3 Å². The lowest BCUT2D eigenvalue weighted by Gasteiger charge is -2.43. The minimum absolute atomic E-state index is 0.175. The van der Waals surface area contributed by atoms with Gasteiger partial charge in [-0.15, -0.1) is 0 Å². The van der Waals surface area contributed by atoms with Crippen molar-refractivity contribution in [2.45, 2.75) is 129 Å². The Balaban J connectivity index is 1.33. The van der Waals surface area contributed by atoms with Crippen LogP contribution < -0.4 is 26.3 Å². The van der Waals surface area contributed by atoms with Crippen LogP contribution in [0.25, 0.3) is 11.1 Å². The number of anilines is 1. The van der Waals surface area contributed by atoms with Gasteiger partial charge >= 0.3 is 31.1 Å². The summed E-state index contributed by atoms with van der Waals surface area (Å²) in [4.78, 5) is 62.3. The van der Waals surface area contributed by atoms with E-state index >= 15 is 8.78 Å². The molecule has 2 aliphatic heterocycles. The Hall–Kier alpha value is -7.18. The molecule has 17 nitrogen and oxygen atoms in total. The molecule has 4 amide bonds. The number of halogens is 10. The highest BCUT2D eigenvalue weighted by Crippen LogP contribution is 2.43. The van der Waals surface area contributed by atoms with Gasteiger partial charge < -0.3 is 35.4 Å². The minimum Gasteiger partial charge on any atom is -0.453 e. The summed E-state index contributed by atoms with van der Waals surface area (Å²) in [5, 5.41) is 22.0. The van der Waals surface area contributed by atoms with Gasteiger partial charge in [0.25, 0.3) is 5.91 Å². The zero-order chi connectivity index (χ0) is 59.2. The SMILES string of the molecule is CNC(=O)O[C@H](C(=O)NN(Cc1c(F)cc(-c2cnn(C(F)F)c2)cc1F)C[C@H](O)[C@H](Cc1ccc(C#Cc2ccc(N3C[C@@H]4CC[C@@H](C3)N4C(C)C)nc2)cc1)NC(=O)[C@@H](NC(=O)OC)C(C)(C)C(F)(F)F)C(C)(C)C(F)(F)F. The lowest BCUT2D eigenvalue weighted by atomic mass is 9.82. The third-order valence-electron chi connectivity index (χ3n) is 14.3. The summed E-state index contributed by atoms with van der Waals surface area (Å²) in [6.45, 7) is 2.89. The number of piperazine rings is 1. The van der Waals surface area contributed by atoms with E-state index in [1.54, 1.807) is 18.3 Å². The molecule has 0 aliphatic carbocycles. The van der Waals surface area contributed by atoms with Crippen molar-refractivity contribution >= 4 is 29.8 Å². The Morgan fingerprint density at radius 3 is 1.91 bits per heavy atom. The quantitative estimate of drug-likeness (QED) is 0.0351. The molecule has 0 saturated carbocycles. The topological polar surface area (TPSA) is 196 Å². The van der Waals surface area contributed by atoms with Crippen molar-refractivity contribution in [3.05, 3.63) is 101 Å². The maximum Gasteiger partial charge on any atom is 0.407 e. The van der Waals surface area contributed by atoms with Gasteiger partial charge in [0.15, 0.2) is 6.10 Å². The lowest BCUT2D eigenvalue weighted by Crippen LogP contribution is -2.62. The molecule has 80 heavy (non-hydrogen) atoms. The zero-order valence-electron chi connectivity index (χ0n) is 44.8. The summed E-state index contributed by atoms with van der Waals surface area (Å²) in [5.74, 6) is 0.736. The Morgan fingerprint density at radius 2 is 1.40 bits per heavy atom. The molecule has 0 unspecified atom stereocenters. The van der Waals surface area contributed by atoms with Crippen molar-refractivity contribution < 1.29 is 77.7 Å². The van der Waals surface area contributed by atoms with Crippen LogP contribution in [0.2, 0.25) is 0 Å². The first-order valence-corrected chi connectivity index (χ1v) is 25.1. The summed E-state index contributed by atoms with van der Waals surface area (Å²) in [6.07, 6.45) is -13.3. The van der Waals surface area contributed by atoms with Gasteiger partial charge in [-0.05, 0) is 108 Å². The van der Waals surface area contributed by atoms with Crippen molar-refractivity contribution in [3.8, 4) is 23.0 Å². The van der Waals surface area contributed by atoms with E-state index in [4.69, 9.17) is 4.74 Å². The molecule has 27 heteroatoms. The number of aliphatic hydroxyl groups excluding tert-OH is 1. The molecular weight excluding hydrogens is 1080 g/mol.